The van der Waals surface area contributed by atoms with Crippen molar-refractivity contribution in [3.63, 3.8) is 0 Å². The van der Waals surface area contributed by atoms with E-state index in [1.54, 1.807) is 28.6 Å². The summed E-state index contributed by atoms with van der Waals surface area (Å²) in [5, 5.41) is 0. The Morgan fingerprint density at radius 1 is 1.09 bits per heavy atom. The molecule has 0 bridgehead atoms. The fourth-order valence-electron chi connectivity index (χ4n) is 5.11. The molecule has 3 aliphatic rings. The van der Waals surface area contributed by atoms with Crippen molar-refractivity contribution in [2.75, 3.05) is 32.8 Å². The predicted octanol–water partition coefficient (Wildman–Crippen LogP) is 3.83. The molecule has 1 atom stereocenters. The van der Waals surface area contributed by atoms with Gasteiger partial charge in [-0.3, -0.25) is 4.79 Å². The van der Waals surface area contributed by atoms with Crippen molar-refractivity contribution in [3.05, 3.63) is 58.7 Å². The third-order valence-corrected chi connectivity index (χ3v) is 9.17. The number of hydrogen-bond donors (Lipinski definition) is 0. The summed E-state index contributed by atoms with van der Waals surface area (Å²) in [4.78, 5) is 15.6. The van der Waals surface area contributed by atoms with Gasteiger partial charge in [0.1, 0.15) is 17.3 Å². The SMILES string of the molecule is C#CCOC1=CCC(C(=O)c2ccccc2)C=C1S(=O)(=O)N1CCC(N2CCC(C)CC2)CC1. The Kier molecular flexibility index (Phi) is 7.92. The predicted molar refractivity (Wildman–Crippen MR) is 133 cm³/mol. The molecule has 4 rings (SSSR count). The number of Topliss-reactive ketones (excluding diaryl/α,β-unsaturated/α-hetero) is 1. The number of terminal acetylenes is 1. The smallest absolute Gasteiger partial charge is 0.246 e. The molecule has 0 aromatic heterocycles. The Morgan fingerprint density at radius 2 is 1.76 bits per heavy atom. The van der Waals surface area contributed by atoms with Gasteiger partial charge in [0.15, 0.2) is 5.78 Å². The van der Waals surface area contributed by atoms with Crippen LogP contribution in [0.4, 0.5) is 0 Å². The molecule has 6 nitrogen and oxygen atoms in total. The number of ether oxygens (including phenoxy) is 1. The van der Waals surface area contributed by atoms with Crippen molar-refractivity contribution in [2.24, 2.45) is 11.8 Å². The molecule has 0 radical (unpaired) electrons. The Bertz CT molecular complexity index is 1070. The summed E-state index contributed by atoms with van der Waals surface area (Å²) in [5.74, 6) is 2.77. The van der Waals surface area contributed by atoms with Gasteiger partial charge >= 0.3 is 0 Å². The molecule has 2 aliphatic heterocycles. The fraction of sp³-hybridized carbons (Fsp3) is 0.519. The van der Waals surface area contributed by atoms with E-state index in [2.05, 4.69) is 17.7 Å². The molecule has 7 heteroatoms. The third kappa shape index (κ3) is 5.46. The minimum absolute atomic E-state index is 0.0224. The van der Waals surface area contributed by atoms with Gasteiger partial charge in [0, 0.05) is 30.6 Å². The van der Waals surface area contributed by atoms with Crippen LogP contribution in [0.3, 0.4) is 0 Å². The summed E-state index contributed by atoms with van der Waals surface area (Å²) in [7, 11) is -3.81. The van der Waals surface area contributed by atoms with Gasteiger partial charge in [-0.2, -0.15) is 4.31 Å². The highest BCUT2D eigenvalue weighted by molar-refractivity contribution is 7.93. The van der Waals surface area contributed by atoms with Crippen LogP contribution in [0.5, 0.6) is 0 Å². The lowest BCUT2D eigenvalue weighted by molar-refractivity contribution is 0.0944. The maximum Gasteiger partial charge on any atom is 0.246 e. The first-order valence-electron chi connectivity index (χ1n) is 12.2. The van der Waals surface area contributed by atoms with Gasteiger partial charge in [0.25, 0.3) is 0 Å². The fourth-order valence-corrected chi connectivity index (χ4v) is 6.81. The number of benzene rings is 1. The maximum atomic E-state index is 13.7. The molecular formula is C27H34N2O4S. The third-order valence-electron chi connectivity index (χ3n) is 7.23. The number of ketones is 1. The second kappa shape index (κ2) is 10.9. The highest BCUT2D eigenvalue weighted by Gasteiger charge is 2.37. The Labute approximate surface area is 203 Å². The largest absolute Gasteiger partial charge is 0.480 e. The molecular weight excluding hydrogens is 448 g/mol. The minimum atomic E-state index is -3.81. The number of nitrogens with zero attached hydrogens (tertiary/aromatic N) is 2. The van der Waals surface area contributed by atoms with Crippen LogP contribution >= 0.6 is 0 Å². The number of carbonyl (C=O) groups excluding carboxylic acids is 1. The average Bonchev–Trinajstić information content (AvgIpc) is 2.88. The van der Waals surface area contributed by atoms with Crippen LogP contribution in [0.2, 0.25) is 0 Å². The quantitative estimate of drug-likeness (QED) is 0.437. The Hall–Kier alpha value is -2.40. The van der Waals surface area contributed by atoms with Gasteiger partial charge in [0.2, 0.25) is 10.0 Å². The monoisotopic (exact) mass is 482 g/mol. The molecule has 182 valence electrons. The number of allylic oxidation sites excluding steroid dienone is 2. The van der Waals surface area contributed by atoms with E-state index >= 15 is 0 Å². The number of carbonyl (C=O) groups is 1. The first-order chi connectivity index (χ1) is 16.4. The second-order valence-electron chi connectivity index (χ2n) is 9.52. The van der Waals surface area contributed by atoms with Crippen molar-refractivity contribution in [2.45, 2.75) is 45.1 Å². The van der Waals surface area contributed by atoms with E-state index in [1.807, 2.05) is 18.2 Å². The number of hydrogen-bond acceptors (Lipinski definition) is 5. The molecule has 1 aromatic rings. The van der Waals surface area contributed by atoms with Gasteiger partial charge < -0.3 is 9.64 Å². The first-order valence-corrected chi connectivity index (χ1v) is 13.7. The summed E-state index contributed by atoms with van der Waals surface area (Å²) >= 11 is 0. The molecule has 2 saturated heterocycles. The van der Waals surface area contributed by atoms with Crippen LogP contribution in [0, 0.1) is 24.2 Å². The summed E-state index contributed by atoms with van der Waals surface area (Å²) < 4.78 is 34.6. The highest BCUT2D eigenvalue weighted by atomic mass is 32.2. The standard InChI is InChI=1S/C27H34N2O4S/c1-3-19-33-25-10-9-23(27(30)22-7-5-4-6-8-22)20-26(25)34(31,32)29-17-13-24(14-18-29)28-15-11-21(2)12-16-28/h1,4-8,10,20-21,23-24H,9,11-19H2,2H3. The molecule has 1 unspecified atom stereocenters. The van der Waals surface area contributed by atoms with Crippen LogP contribution in [0.25, 0.3) is 0 Å². The van der Waals surface area contributed by atoms with E-state index in [-0.39, 0.29) is 23.1 Å². The zero-order valence-electron chi connectivity index (χ0n) is 19.9. The molecule has 1 aromatic carbocycles. The van der Waals surface area contributed by atoms with Crippen LogP contribution in [-0.2, 0) is 14.8 Å². The Balaban J connectivity index is 1.51. The van der Waals surface area contributed by atoms with Crippen LogP contribution in [-0.4, -0.2) is 62.2 Å². The van der Waals surface area contributed by atoms with Crippen LogP contribution in [0.15, 0.2) is 53.1 Å². The van der Waals surface area contributed by atoms with Crippen molar-refractivity contribution in [1.82, 2.24) is 9.21 Å². The van der Waals surface area contributed by atoms with E-state index in [1.165, 1.54) is 12.8 Å². The summed E-state index contributed by atoms with van der Waals surface area (Å²) in [6, 6.07) is 9.40. The topological polar surface area (TPSA) is 66.9 Å². The highest BCUT2D eigenvalue weighted by Crippen LogP contribution is 2.33. The van der Waals surface area contributed by atoms with E-state index in [0.717, 1.165) is 31.8 Å². The summed E-state index contributed by atoms with van der Waals surface area (Å²) in [5.41, 5.74) is 0.568. The molecule has 0 saturated carbocycles. The number of sulfonamides is 1. The number of piperidine rings is 2. The van der Waals surface area contributed by atoms with Gasteiger partial charge in [-0.1, -0.05) is 43.2 Å². The first kappa shape index (κ1) is 24.7. The van der Waals surface area contributed by atoms with E-state index in [9.17, 15) is 13.2 Å². The van der Waals surface area contributed by atoms with Crippen LogP contribution < -0.4 is 0 Å². The van der Waals surface area contributed by atoms with Crippen molar-refractivity contribution in [3.8, 4) is 12.3 Å². The molecule has 0 spiro atoms. The van der Waals surface area contributed by atoms with E-state index in [4.69, 9.17) is 11.2 Å². The lowest BCUT2D eigenvalue weighted by atomic mass is 9.91. The van der Waals surface area contributed by atoms with E-state index < -0.39 is 15.9 Å². The molecule has 0 amide bonds. The van der Waals surface area contributed by atoms with Gasteiger partial charge in [0.05, 0.1) is 0 Å². The van der Waals surface area contributed by atoms with E-state index in [0.29, 0.717) is 31.1 Å². The van der Waals surface area contributed by atoms with Crippen molar-refractivity contribution in [1.29, 1.82) is 0 Å². The van der Waals surface area contributed by atoms with Gasteiger partial charge in [-0.25, -0.2) is 8.42 Å². The average molecular weight is 483 g/mol. The number of likely N-dealkylation sites (tertiary alicyclic amines) is 1. The summed E-state index contributed by atoms with van der Waals surface area (Å²) in [6.45, 7) is 5.41. The van der Waals surface area contributed by atoms with Crippen LogP contribution in [0.1, 0.15) is 49.4 Å². The molecule has 2 fully saturated rings. The van der Waals surface area contributed by atoms with Gasteiger partial charge in [-0.15, -0.1) is 6.42 Å². The summed E-state index contributed by atoms with van der Waals surface area (Å²) in [6.07, 6.45) is 13.0. The molecule has 2 heterocycles. The molecule has 0 N–H and O–H groups in total. The second-order valence-corrected chi connectivity index (χ2v) is 11.4. The maximum absolute atomic E-state index is 13.7. The zero-order chi connectivity index (χ0) is 24.1. The zero-order valence-corrected chi connectivity index (χ0v) is 20.7. The van der Waals surface area contributed by atoms with Crippen molar-refractivity contribution < 1.29 is 17.9 Å². The normalized spacial score (nSPS) is 23.6. The van der Waals surface area contributed by atoms with Crippen molar-refractivity contribution >= 4 is 15.8 Å². The molecule has 34 heavy (non-hydrogen) atoms. The van der Waals surface area contributed by atoms with Gasteiger partial charge in [-0.05, 0) is 63.3 Å². The lowest BCUT2D eigenvalue weighted by Crippen LogP contribution is -2.49. The molecule has 1 aliphatic carbocycles. The number of rotatable bonds is 7. The Morgan fingerprint density at radius 3 is 2.41 bits per heavy atom. The lowest BCUT2D eigenvalue weighted by Gasteiger charge is -2.41. The minimum Gasteiger partial charge on any atom is -0.480 e.